The third kappa shape index (κ3) is 3.23. The van der Waals surface area contributed by atoms with Crippen LogP contribution >= 0.6 is 22.7 Å². The fraction of sp³-hybridized carbons (Fsp3) is 0. The largest absolute Gasteiger partial charge is 0.288 e. The summed E-state index contributed by atoms with van der Waals surface area (Å²) in [6.07, 6.45) is 5.80. The number of allylic oxidation sites excluding steroid dienone is 1. The van der Waals surface area contributed by atoms with Gasteiger partial charge < -0.3 is 0 Å². The fourth-order valence-electron chi connectivity index (χ4n) is 3.92. The Morgan fingerprint density at radius 3 is 2.03 bits per heavy atom. The van der Waals surface area contributed by atoms with Crippen molar-refractivity contribution in [3.05, 3.63) is 105 Å². The van der Waals surface area contributed by atoms with E-state index in [2.05, 4.69) is 35.3 Å². The second-order valence-corrected chi connectivity index (χ2v) is 9.70. The molecule has 152 valence electrons. The lowest BCUT2D eigenvalue weighted by molar-refractivity contribution is 0.0990. The van der Waals surface area contributed by atoms with Crippen LogP contribution < -0.4 is 0 Å². The Morgan fingerprint density at radius 2 is 1.38 bits per heavy atom. The molecule has 2 heterocycles. The molecule has 0 fully saturated rings. The number of ketones is 2. The highest BCUT2D eigenvalue weighted by molar-refractivity contribution is 7.27. The number of thiazole rings is 1. The molecule has 0 atom stereocenters. The van der Waals surface area contributed by atoms with E-state index in [4.69, 9.17) is 0 Å². The first-order valence-electron chi connectivity index (χ1n) is 10.1. The van der Waals surface area contributed by atoms with Crippen LogP contribution in [0.1, 0.15) is 36.2 Å². The maximum atomic E-state index is 13.0. The molecule has 0 bridgehead atoms. The average Bonchev–Trinajstić information content (AvgIpc) is 3.44. The lowest BCUT2D eigenvalue weighted by Gasteiger charge is -2.00. The highest BCUT2D eigenvalue weighted by Crippen LogP contribution is 2.35. The third-order valence-corrected chi connectivity index (χ3v) is 7.57. The summed E-state index contributed by atoms with van der Waals surface area (Å²) < 4.78 is 1.05. The Labute approximate surface area is 192 Å². The number of benzene rings is 3. The van der Waals surface area contributed by atoms with Crippen molar-refractivity contribution in [2.75, 3.05) is 0 Å². The van der Waals surface area contributed by atoms with Crippen molar-refractivity contribution in [2.24, 2.45) is 0 Å². The summed E-state index contributed by atoms with van der Waals surface area (Å²) in [5.41, 5.74) is 2.30. The number of nitrogens with zero attached hydrogens (tertiary/aromatic N) is 1. The predicted molar refractivity (Wildman–Crippen MR) is 133 cm³/mol. The van der Waals surface area contributed by atoms with Crippen molar-refractivity contribution < 1.29 is 9.59 Å². The summed E-state index contributed by atoms with van der Waals surface area (Å²) in [7, 11) is 0. The van der Waals surface area contributed by atoms with E-state index in [0.29, 0.717) is 16.1 Å². The van der Waals surface area contributed by atoms with Crippen LogP contribution in [0.5, 0.6) is 0 Å². The molecule has 1 aliphatic carbocycles. The Hall–Kier alpha value is -3.67. The van der Waals surface area contributed by atoms with Gasteiger partial charge in [-0.15, -0.1) is 22.7 Å². The van der Waals surface area contributed by atoms with Gasteiger partial charge in [-0.2, -0.15) is 0 Å². The van der Waals surface area contributed by atoms with Crippen LogP contribution in [-0.4, -0.2) is 16.6 Å². The van der Waals surface area contributed by atoms with E-state index in [9.17, 15) is 9.59 Å². The first-order chi connectivity index (χ1) is 15.7. The summed E-state index contributed by atoms with van der Waals surface area (Å²) in [4.78, 5) is 32.6. The van der Waals surface area contributed by atoms with E-state index in [1.807, 2.05) is 54.6 Å². The average molecular weight is 450 g/mol. The molecule has 6 rings (SSSR count). The van der Waals surface area contributed by atoms with Crippen LogP contribution in [0.2, 0.25) is 0 Å². The number of rotatable bonds is 3. The van der Waals surface area contributed by atoms with Gasteiger partial charge in [-0.25, -0.2) is 4.98 Å². The molecule has 0 aliphatic heterocycles. The second kappa shape index (κ2) is 7.48. The number of carbonyl (C=O) groups excluding carboxylic acids is 2. The molecule has 5 heteroatoms. The molecule has 0 amide bonds. The molecule has 5 aromatic rings. The summed E-state index contributed by atoms with van der Waals surface area (Å²) in [6, 6.07) is 23.6. The molecule has 0 saturated carbocycles. The monoisotopic (exact) mass is 449 g/mol. The number of aromatic nitrogens is 1. The van der Waals surface area contributed by atoms with Crippen molar-refractivity contribution in [3.8, 4) is 0 Å². The van der Waals surface area contributed by atoms with E-state index >= 15 is 0 Å². The fourth-order valence-corrected chi connectivity index (χ4v) is 6.00. The lowest BCUT2D eigenvalue weighted by atomic mass is 10.0. The molecule has 1 aliphatic rings. The molecule has 2 aromatic heterocycles. The maximum absolute atomic E-state index is 13.0. The van der Waals surface area contributed by atoms with Gasteiger partial charge in [-0.1, -0.05) is 60.7 Å². The predicted octanol–water partition coefficient (Wildman–Crippen LogP) is 7.14. The molecule has 0 spiro atoms. The van der Waals surface area contributed by atoms with E-state index in [1.165, 1.54) is 11.3 Å². The number of Topliss-reactive ketones (excluding diaryl/α,β-unsaturated/α-hetero) is 2. The van der Waals surface area contributed by atoms with Crippen LogP contribution in [0.25, 0.3) is 38.5 Å². The standard InChI is InChI=1S/C27H15NO2S2/c29-25-20-12-17-8-4-5-9-18(17)13-21(20)26(30)22(25)15-24-28-27-23(32-24)14-19(31-27)11-10-16-6-2-1-3-7-16/h1-15H/b11-10+. The number of carbonyl (C=O) groups is 2. The Morgan fingerprint density at radius 1 is 0.719 bits per heavy atom. The first-order valence-corrected chi connectivity index (χ1v) is 11.8. The van der Waals surface area contributed by atoms with Crippen LogP contribution in [0.15, 0.2) is 78.4 Å². The third-order valence-electron chi connectivity index (χ3n) is 5.50. The van der Waals surface area contributed by atoms with Gasteiger partial charge in [-0.3, -0.25) is 9.59 Å². The van der Waals surface area contributed by atoms with Gasteiger partial charge in [0, 0.05) is 16.0 Å². The zero-order valence-electron chi connectivity index (χ0n) is 16.7. The van der Waals surface area contributed by atoms with Gasteiger partial charge in [-0.05, 0) is 46.7 Å². The summed E-state index contributed by atoms with van der Waals surface area (Å²) in [5, 5.41) is 2.60. The van der Waals surface area contributed by atoms with Gasteiger partial charge >= 0.3 is 0 Å². The van der Waals surface area contributed by atoms with Crippen molar-refractivity contribution in [2.45, 2.75) is 0 Å². The summed E-state index contributed by atoms with van der Waals surface area (Å²) >= 11 is 3.10. The number of hydrogen-bond acceptors (Lipinski definition) is 5. The number of thiophene rings is 1. The number of hydrogen-bond donors (Lipinski definition) is 0. The molecule has 3 nitrogen and oxygen atoms in total. The Kier molecular flexibility index (Phi) is 4.45. The summed E-state index contributed by atoms with van der Waals surface area (Å²) in [6.45, 7) is 0. The minimum atomic E-state index is -0.221. The lowest BCUT2D eigenvalue weighted by Crippen LogP contribution is -1.99. The van der Waals surface area contributed by atoms with E-state index in [1.54, 1.807) is 17.4 Å². The van der Waals surface area contributed by atoms with Crippen LogP contribution in [0.3, 0.4) is 0 Å². The Balaban J connectivity index is 1.32. The van der Waals surface area contributed by atoms with Gasteiger partial charge in [0.05, 0.1) is 10.3 Å². The zero-order valence-corrected chi connectivity index (χ0v) is 18.4. The van der Waals surface area contributed by atoms with Crippen molar-refractivity contribution in [1.82, 2.24) is 4.98 Å². The molecule has 0 radical (unpaired) electrons. The Bertz CT molecular complexity index is 1520. The smallest absolute Gasteiger partial charge is 0.197 e. The molecule has 0 N–H and O–H groups in total. The first kappa shape index (κ1) is 19.0. The van der Waals surface area contributed by atoms with E-state index < -0.39 is 0 Å². The van der Waals surface area contributed by atoms with E-state index in [-0.39, 0.29) is 17.1 Å². The van der Waals surface area contributed by atoms with Crippen LogP contribution in [-0.2, 0) is 0 Å². The van der Waals surface area contributed by atoms with E-state index in [0.717, 1.165) is 30.7 Å². The minimum Gasteiger partial charge on any atom is -0.288 e. The van der Waals surface area contributed by atoms with Crippen molar-refractivity contribution in [1.29, 1.82) is 0 Å². The normalized spacial score (nSPS) is 13.6. The molecule has 3 aromatic carbocycles. The maximum Gasteiger partial charge on any atom is 0.197 e. The zero-order chi connectivity index (χ0) is 21.7. The molecule has 0 saturated heterocycles. The molecular weight excluding hydrogens is 434 g/mol. The molecule has 32 heavy (non-hydrogen) atoms. The van der Waals surface area contributed by atoms with Crippen molar-refractivity contribution in [3.63, 3.8) is 0 Å². The highest BCUT2D eigenvalue weighted by Gasteiger charge is 2.33. The SMILES string of the molecule is O=C1C(=Cc2nc3sc(/C=C/c4ccccc4)cc3s2)C(=O)c2cc3ccccc3cc21. The van der Waals surface area contributed by atoms with Crippen LogP contribution in [0, 0.1) is 0 Å². The van der Waals surface area contributed by atoms with Crippen LogP contribution in [0.4, 0.5) is 0 Å². The second-order valence-electron chi connectivity index (χ2n) is 7.58. The number of fused-ring (bicyclic) bond motifs is 3. The van der Waals surface area contributed by atoms with Gasteiger partial charge in [0.15, 0.2) is 11.6 Å². The topological polar surface area (TPSA) is 47.0 Å². The minimum absolute atomic E-state index is 0.195. The quantitative estimate of drug-likeness (QED) is 0.217. The highest BCUT2D eigenvalue weighted by atomic mass is 32.1. The van der Waals surface area contributed by atoms with Gasteiger partial charge in [0.2, 0.25) is 0 Å². The van der Waals surface area contributed by atoms with Crippen molar-refractivity contribution >= 4 is 72.8 Å². The van der Waals surface area contributed by atoms with Gasteiger partial charge in [0.25, 0.3) is 0 Å². The molecule has 0 unspecified atom stereocenters. The molecular formula is C27H15NO2S2. The summed E-state index contributed by atoms with van der Waals surface area (Å²) in [5.74, 6) is -0.443. The van der Waals surface area contributed by atoms with Gasteiger partial charge in [0.1, 0.15) is 9.84 Å².